The van der Waals surface area contributed by atoms with Crippen LogP contribution in [-0.2, 0) is 9.59 Å². The van der Waals surface area contributed by atoms with Crippen LogP contribution < -0.4 is 21.3 Å². The highest BCUT2D eigenvalue weighted by atomic mass is 16.2. The monoisotopic (exact) mass is 254 g/mol. The molecule has 2 saturated heterocycles. The lowest BCUT2D eigenvalue weighted by atomic mass is 10.2. The van der Waals surface area contributed by atoms with Crippen molar-refractivity contribution in [3.63, 3.8) is 0 Å². The van der Waals surface area contributed by atoms with Crippen molar-refractivity contribution in [2.45, 2.75) is 37.8 Å². The molecule has 0 aromatic heterocycles. The van der Waals surface area contributed by atoms with Crippen molar-refractivity contribution in [2.75, 3.05) is 26.2 Å². The molecule has 102 valence electrons. The third kappa shape index (κ3) is 3.68. The number of carbonyl (C=O) groups is 2. The fourth-order valence-electron chi connectivity index (χ4n) is 2.43. The number of hydrogen-bond donors (Lipinski definition) is 4. The number of rotatable bonds is 5. The standard InChI is InChI=1S/C12H22N4O2/c17-11(9-3-1-5-13-9)15-7-8-16-12(18)10-4-2-6-14-10/h9-10,13-14H,1-8H2,(H,15,17)(H,16,18)/t9-,10+. The maximum absolute atomic E-state index is 11.6. The highest BCUT2D eigenvalue weighted by molar-refractivity contribution is 5.83. The van der Waals surface area contributed by atoms with Gasteiger partial charge in [-0.15, -0.1) is 0 Å². The van der Waals surface area contributed by atoms with Crippen molar-refractivity contribution in [1.82, 2.24) is 21.3 Å². The van der Waals surface area contributed by atoms with Crippen LogP contribution in [-0.4, -0.2) is 50.1 Å². The molecular weight excluding hydrogens is 232 g/mol. The fraction of sp³-hybridized carbons (Fsp3) is 0.833. The lowest BCUT2D eigenvalue weighted by Gasteiger charge is -2.13. The van der Waals surface area contributed by atoms with E-state index in [1.54, 1.807) is 0 Å². The number of nitrogens with one attached hydrogen (secondary N) is 4. The second kappa shape index (κ2) is 6.70. The van der Waals surface area contributed by atoms with E-state index in [0.717, 1.165) is 38.8 Å². The number of amides is 2. The zero-order chi connectivity index (χ0) is 12.8. The predicted octanol–water partition coefficient (Wildman–Crippen LogP) is -1.28. The fourth-order valence-corrected chi connectivity index (χ4v) is 2.43. The van der Waals surface area contributed by atoms with Crippen molar-refractivity contribution in [3.8, 4) is 0 Å². The van der Waals surface area contributed by atoms with Crippen LogP contribution in [0.4, 0.5) is 0 Å². The summed E-state index contributed by atoms with van der Waals surface area (Å²) in [6.45, 7) is 2.83. The molecule has 4 N–H and O–H groups in total. The minimum absolute atomic E-state index is 0.0424. The van der Waals surface area contributed by atoms with Crippen LogP contribution in [0.15, 0.2) is 0 Å². The Bertz CT molecular complexity index is 266. The summed E-state index contributed by atoms with van der Waals surface area (Å²) in [5, 5.41) is 12.0. The Hall–Kier alpha value is -1.14. The van der Waals surface area contributed by atoms with Crippen LogP contribution in [0.25, 0.3) is 0 Å². The highest BCUT2D eigenvalue weighted by Crippen LogP contribution is 2.05. The van der Waals surface area contributed by atoms with E-state index in [4.69, 9.17) is 0 Å². The van der Waals surface area contributed by atoms with Gasteiger partial charge in [-0.2, -0.15) is 0 Å². The van der Waals surface area contributed by atoms with Gasteiger partial charge in [0.2, 0.25) is 11.8 Å². The van der Waals surface area contributed by atoms with E-state index in [1.165, 1.54) is 0 Å². The quantitative estimate of drug-likeness (QED) is 0.461. The van der Waals surface area contributed by atoms with E-state index in [9.17, 15) is 9.59 Å². The highest BCUT2D eigenvalue weighted by Gasteiger charge is 2.22. The summed E-state index contributed by atoms with van der Waals surface area (Å²) in [5.74, 6) is 0.0847. The van der Waals surface area contributed by atoms with Crippen LogP contribution in [0.2, 0.25) is 0 Å². The van der Waals surface area contributed by atoms with Gasteiger partial charge in [0, 0.05) is 13.1 Å². The molecule has 2 rings (SSSR count). The van der Waals surface area contributed by atoms with Gasteiger partial charge < -0.3 is 21.3 Å². The second-order valence-electron chi connectivity index (χ2n) is 4.88. The summed E-state index contributed by atoms with van der Waals surface area (Å²) in [4.78, 5) is 23.3. The van der Waals surface area contributed by atoms with Gasteiger partial charge in [0.15, 0.2) is 0 Å². The van der Waals surface area contributed by atoms with Crippen LogP contribution in [0, 0.1) is 0 Å². The normalized spacial score (nSPS) is 27.1. The molecule has 18 heavy (non-hydrogen) atoms. The third-order valence-electron chi connectivity index (χ3n) is 3.48. The summed E-state index contributed by atoms with van der Waals surface area (Å²) in [6, 6.07) is -0.0885. The summed E-state index contributed by atoms with van der Waals surface area (Å²) in [6.07, 6.45) is 3.93. The summed E-state index contributed by atoms with van der Waals surface area (Å²) in [7, 11) is 0. The van der Waals surface area contributed by atoms with Crippen molar-refractivity contribution >= 4 is 11.8 Å². The molecule has 0 spiro atoms. The van der Waals surface area contributed by atoms with E-state index < -0.39 is 0 Å². The summed E-state index contributed by atoms with van der Waals surface area (Å²) < 4.78 is 0. The molecule has 6 nitrogen and oxygen atoms in total. The second-order valence-corrected chi connectivity index (χ2v) is 4.88. The van der Waals surface area contributed by atoms with E-state index in [-0.39, 0.29) is 23.9 Å². The van der Waals surface area contributed by atoms with E-state index >= 15 is 0 Å². The van der Waals surface area contributed by atoms with Gasteiger partial charge in [-0.05, 0) is 38.8 Å². The first kappa shape index (κ1) is 13.3. The molecule has 0 radical (unpaired) electrons. The Morgan fingerprint density at radius 1 is 0.889 bits per heavy atom. The molecule has 2 aliphatic rings. The molecule has 2 aliphatic heterocycles. The first-order valence-corrected chi connectivity index (χ1v) is 6.79. The van der Waals surface area contributed by atoms with Crippen molar-refractivity contribution in [1.29, 1.82) is 0 Å². The van der Waals surface area contributed by atoms with Crippen molar-refractivity contribution in [2.24, 2.45) is 0 Å². The predicted molar refractivity (Wildman–Crippen MR) is 68.1 cm³/mol. The smallest absolute Gasteiger partial charge is 0.237 e. The van der Waals surface area contributed by atoms with Crippen molar-refractivity contribution in [3.05, 3.63) is 0 Å². The average Bonchev–Trinajstić information content (AvgIpc) is 3.05. The summed E-state index contributed by atoms with van der Waals surface area (Å²) in [5.41, 5.74) is 0. The van der Waals surface area contributed by atoms with Gasteiger partial charge in [0.05, 0.1) is 12.1 Å². The van der Waals surface area contributed by atoms with Gasteiger partial charge >= 0.3 is 0 Å². The lowest BCUT2D eigenvalue weighted by molar-refractivity contribution is -0.124. The molecule has 0 saturated carbocycles. The molecule has 2 amide bonds. The topological polar surface area (TPSA) is 82.3 Å². The van der Waals surface area contributed by atoms with Gasteiger partial charge in [0.25, 0.3) is 0 Å². The summed E-state index contributed by atoms with van der Waals surface area (Å²) >= 11 is 0. The molecule has 0 aromatic rings. The number of hydrogen-bond acceptors (Lipinski definition) is 4. The van der Waals surface area contributed by atoms with Crippen LogP contribution in [0.5, 0.6) is 0 Å². The molecule has 0 bridgehead atoms. The largest absolute Gasteiger partial charge is 0.353 e. The molecule has 2 heterocycles. The third-order valence-corrected chi connectivity index (χ3v) is 3.48. The van der Waals surface area contributed by atoms with Crippen molar-refractivity contribution < 1.29 is 9.59 Å². The Morgan fingerprint density at radius 3 is 1.67 bits per heavy atom. The Kier molecular flexibility index (Phi) is 4.95. The molecule has 2 atom stereocenters. The van der Waals surface area contributed by atoms with Gasteiger partial charge in [-0.1, -0.05) is 0 Å². The van der Waals surface area contributed by atoms with Gasteiger partial charge in [-0.25, -0.2) is 0 Å². The molecular formula is C12H22N4O2. The SMILES string of the molecule is O=C(NCCNC(=O)[C@H]1CCCN1)[C@@H]1CCCN1. The Balaban J connectivity index is 1.55. The zero-order valence-corrected chi connectivity index (χ0v) is 10.6. The van der Waals surface area contributed by atoms with E-state index in [1.807, 2.05) is 0 Å². The Morgan fingerprint density at radius 2 is 1.33 bits per heavy atom. The number of carbonyl (C=O) groups excluding carboxylic acids is 2. The molecule has 2 fully saturated rings. The molecule has 0 unspecified atom stereocenters. The maximum Gasteiger partial charge on any atom is 0.237 e. The molecule has 0 aliphatic carbocycles. The zero-order valence-electron chi connectivity index (χ0n) is 10.6. The van der Waals surface area contributed by atoms with Crippen LogP contribution in [0.1, 0.15) is 25.7 Å². The van der Waals surface area contributed by atoms with E-state index in [2.05, 4.69) is 21.3 Å². The van der Waals surface area contributed by atoms with Crippen LogP contribution >= 0.6 is 0 Å². The molecule has 0 aromatic carbocycles. The first-order chi connectivity index (χ1) is 8.77. The maximum atomic E-state index is 11.6. The minimum Gasteiger partial charge on any atom is -0.353 e. The first-order valence-electron chi connectivity index (χ1n) is 6.79. The van der Waals surface area contributed by atoms with E-state index in [0.29, 0.717) is 13.1 Å². The Labute approximate surface area is 107 Å². The van der Waals surface area contributed by atoms with Gasteiger partial charge in [0.1, 0.15) is 0 Å². The average molecular weight is 254 g/mol. The molecule has 6 heteroatoms. The van der Waals surface area contributed by atoms with Gasteiger partial charge in [-0.3, -0.25) is 9.59 Å². The van der Waals surface area contributed by atoms with Crippen LogP contribution in [0.3, 0.4) is 0 Å². The minimum atomic E-state index is -0.0443. The lowest BCUT2D eigenvalue weighted by Crippen LogP contribution is -2.46.